The van der Waals surface area contributed by atoms with E-state index in [1.807, 2.05) is 20.8 Å². The lowest BCUT2D eigenvalue weighted by molar-refractivity contribution is -0.160. The molecular weight excluding hydrogens is 243 g/mol. The van der Waals surface area contributed by atoms with Gasteiger partial charge in [-0.25, -0.2) is 0 Å². The molecule has 0 saturated carbocycles. The standard InChI is InChI=1S/C12H24F3N3/c1-4-9(5-2)7-18(6-3)8-10(11(16)17)12(13,14)15/h9-10H,4-8H2,1-3H3,(H3,16,17). The second-order valence-electron chi connectivity index (χ2n) is 4.58. The summed E-state index contributed by atoms with van der Waals surface area (Å²) in [7, 11) is 0. The van der Waals surface area contributed by atoms with Crippen molar-refractivity contribution in [2.45, 2.75) is 39.8 Å². The average Bonchev–Trinajstić information content (AvgIpc) is 2.27. The van der Waals surface area contributed by atoms with Crippen molar-refractivity contribution in [2.75, 3.05) is 19.6 Å². The van der Waals surface area contributed by atoms with E-state index < -0.39 is 17.9 Å². The summed E-state index contributed by atoms with van der Waals surface area (Å²) in [5.74, 6) is -2.26. The minimum Gasteiger partial charge on any atom is -0.387 e. The van der Waals surface area contributed by atoms with Crippen molar-refractivity contribution in [3.8, 4) is 0 Å². The first-order chi connectivity index (χ1) is 8.26. The fraction of sp³-hybridized carbons (Fsp3) is 0.917. The van der Waals surface area contributed by atoms with Crippen LogP contribution < -0.4 is 5.73 Å². The molecule has 0 aliphatic heterocycles. The Morgan fingerprint density at radius 2 is 1.67 bits per heavy atom. The molecule has 0 saturated heterocycles. The van der Waals surface area contributed by atoms with Gasteiger partial charge in [-0.3, -0.25) is 5.41 Å². The van der Waals surface area contributed by atoms with Crippen molar-refractivity contribution >= 4 is 5.84 Å². The van der Waals surface area contributed by atoms with Crippen molar-refractivity contribution in [3.63, 3.8) is 0 Å². The van der Waals surface area contributed by atoms with Gasteiger partial charge in [-0.05, 0) is 12.5 Å². The molecule has 0 spiro atoms. The van der Waals surface area contributed by atoms with Gasteiger partial charge in [0.05, 0.1) is 0 Å². The molecule has 1 atom stereocenters. The summed E-state index contributed by atoms with van der Waals surface area (Å²) in [5, 5.41) is 7.08. The summed E-state index contributed by atoms with van der Waals surface area (Å²) in [5.41, 5.74) is 5.06. The molecule has 1 unspecified atom stereocenters. The van der Waals surface area contributed by atoms with Crippen LogP contribution in [0.3, 0.4) is 0 Å². The molecule has 0 aromatic rings. The zero-order valence-corrected chi connectivity index (χ0v) is 11.3. The van der Waals surface area contributed by atoms with E-state index in [0.29, 0.717) is 19.0 Å². The van der Waals surface area contributed by atoms with E-state index in [9.17, 15) is 13.2 Å². The summed E-state index contributed by atoms with van der Waals surface area (Å²) in [6.07, 6.45) is -2.54. The van der Waals surface area contributed by atoms with Crippen LogP contribution in [0.5, 0.6) is 0 Å². The molecule has 108 valence electrons. The molecule has 0 aliphatic rings. The molecule has 0 heterocycles. The Morgan fingerprint density at radius 1 is 1.17 bits per heavy atom. The highest BCUT2D eigenvalue weighted by Crippen LogP contribution is 2.27. The van der Waals surface area contributed by atoms with Crippen molar-refractivity contribution in [2.24, 2.45) is 17.6 Å². The van der Waals surface area contributed by atoms with Gasteiger partial charge in [0, 0.05) is 13.1 Å². The van der Waals surface area contributed by atoms with Gasteiger partial charge in [-0.15, -0.1) is 0 Å². The minimum absolute atomic E-state index is 0.216. The number of halogens is 3. The van der Waals surface area contributed by atoms with Crippen LogP contribution >= 0.6 is 0 Å². The number of nitrogens with one attached hydrogen (secondary N) is 1. The molecule has 0 aromatic heterocycles. The van der Waals surface area contributed by atoms with E-state index in [0.717, 1.165) is 12.8 Å². The number of nitrogens with two attached hydrogens (primary N) is 1. The quantitative estimate of drug-likeness (QED) is 0.525. The van der Waals surface area contributed by atoms with Gasteiger partial charge in [0.15, 0.2) is 0 Å². The maximum absolute atomic E-state index is 12.7. The highest BCUT2D eigenvalue weighted by molar-refractivity contribution is 5.80. The number of amidine groups is 1. The Bertz CT molecular complexity index is 249. The number of hydrogen-bond acceptors (Lipinski definition) is 2. The van der Waals surface area contributed by atoms with Crippen LogP contribution in [0.1, 0.15) is 33.6 Å². The second-order valence-corrected chi connectivity index (χ2v) is 4.58. The summed E-state index contributed by atoms with van der Waals surface area (Å²) in [4.78, 5) is 1.73. The molecule has 0 fully saturated rings. The molecule has 3 nitrogen and oxygen atoms in total. The summed E-state index contributed by atoms with van der Waals surface area (Å²) in [6, 6.07) is 0. The summed E-state index contributed by atoms with van der Waals surface area (Å²) in [6.45, 7) is 6.85. The van der Waals surface area contributed by atoms with Crippen LogP contribution in [-0.2, 0) is 0 Å². The van der Waals surface area contributed by atoms with Gasteiger partial charge < -0.3 is 10.6 Å². The highest BCUT2D eigenvalue weighted by atomic mass is 19.4. The topological polar surface area (TPSA) is 53.1 Å². The molecule has 3 N–H and O–H groups in total. The van der Waals surface area contributed by atoms with Gasteiger partial charge in [0.25, 0.3) is 0 Å². The van der Waals surface area contributed by atoms with Gasteiger partial charge in [0.2, 0.25) is 0 Å². The van der Waals surface area contributed by atoms with Crippen molar-refractivity contribution in [3.05, 3.63) is 0 Å². The summed E-state index contributed by atoms with van der Waals surface area (Å²) >= 11 is 0. The average molecular weight is 267 g/mol. The Labute approximate surface area is 107 Å². The smallest absolute Gasteiger partial charge is 0.387 e. The Hall–Kier alpha value is -0.780. The van der Waals surface area contributed by atoms with E-state index in [2.05, 4.69) is 0 Å². The van der Waals surface area contributed by atoms with E-state index in [-0.39, 0.29) is 6.54 Å². The van der Waals surface area contributed by atoms with E-state index in [4.69, 9.17) is 11.1 Å². The molecule has 0 amide bonds. The van der Waals surface area contributed by atoms with E-state index in [1.165, 1.54) is 0 Å². The van der Waals surface area contributed by atoms with Gasteiger partial charge in [-0.1, -0.05) is 33.6 Å². The predicted molar refractivity (Wildman–Crippen MR) is 67.6 cm³/mol. The van der Waals surface area contributed by atoms with Crippen LogP contribution in [0.15, 0.2) is 0 Å². The van der Waals surface area contributed by atoms with Crippen molar-refractivity contribution < 1.29 is 13.2 Å². The van der Waals surface area contributed by atoms with E-state index in [1.54, 1.807) is 4.90 Å². The number of rotatable bonds is 8. The monoisotopic (exact) mass is 267 g/mol. The first-order valence-corrected chi connectivity index (χ1v) is 6.39. The number of alkyl halides is 3. The molecule has 18 heavy (non-hydrogen) atoms. The second kappa shape index (κ2) is 7.61. The summed E-state index contributed by atoms with van der Waals surface area (Å²) < 4.78 is 38.2. The lowest BCUT2D eigenvalue weighted by atomic mass is 10.0. The maximum Gasteiger partial charge on any atom is 0.399 e. The normalized spacial score (nSPS) is 14.2. The fourth-order valence-corrected chi connectivity index (χ4v) is 1.88. The zero-order valence-electron chi connectivity index (χ0n) is 11.3. The fourth-order valence-electron chi connectivity index (χ4n) is 1.88. The molecule has 0 radical (unpaired) electrons. The molecule has 0 aromatic carbocycles. The third-order valence-electron chi connectivity index (χ3n) is 3.33. The molecule has 0 aliphatic carbocycles. The number of hydrogen-bond donors (Lipinski definition) is 2. The minimum atomic E-state index is -4.44. The van der Waals surface area contributed by atoms with Crippen LogP contribution in [0.4, 0.5) is 13.2 Å². The molecule has 0 rings (SSSR count). The van der Waals surface area contributed by atoms with E-state index >= 15 is 0 Å². The van der Waals surface area contributed by atoms with Crippen molar-refractivity contribution in [1.82, 2.24) is 4.90 Å². The Kier molecular flexibility index (Phi) is 7.28. The van der Waals surface area contributed by atoms with Crippen LogP contribution in [0.25, 0.3) is 0 Å². The van der Waals surface area contributed by atoms with Crippen LogP contribution in [0.2, 0.25) is 0 Å². The van der Waals surface area contributed by atoms with Gasteiger partial charge >= 0.3 is 6.18 Å². The largest absolute Gasteiger partial charge is 0.399 e. The van der Waals surface area contributed by atoms with Gasteiger partial charge in [-0.2, -0.15) is 13.2 Å². The third-order valence-corrected chi connectivity index (χ3v) is 3.33. The highest BCUT2D eigenvalue weighted by Gasteiger charge is 2.42. The SMILES string of the molecule is CCC(CC)CN(CC)CC(C(=N)N)C(F)(F)F. The Balaban J connectivity index is 4.62. The lowest BCUT2D eigenvalue weighted by Gasteiger charge is -2.29. The van der Waals surface area contributed by atoms with Crippen molar-refractivity contribution in [1.29, 1.82) is 5.41 Å². The van der Waals surface area contributed by atoms with Crippen LogP contribution in [0, 0.1) is 17.2 Å². The first-order valence-electron chi connectivity index (χ1n) is 6.39. The maximum atomic E-state index is 12.7. The molecule has 0 bridgehead atoms. The lowest BCUT2D eigenvalue weighted by Crippen LogP contribution is -2.45. The number of nitrogens with zero attached hydrogens (tertiary/aromatic N) is 1. The van der Waals surface area contributed by atoms with Crippen LogP contribution in [-0.4, -0.2) is 36.5 Å². The molecular formula is C12H24F3N3. The zero-order chi connectivity index (χ0) is 14.3. The van der Waals surface area contributed by atoms with Gasteiger partial charge in [0.1, 0.15) is 11.8 Å². The third kappa shape index (κ3) is 5.71. The molecule has 6 heteroatoms. The predicted octanol–water partition coefficient (Wildman–Crippen LogP) is 2.86. The first kappa shape index (κ1) is 17.2. The Morgan fingerprint density at radius 3 is 1.94 bits per heavy atom.